The van der Waals surface area contributed by atoms with Crippen LogP contribution < -0.4 is 0 Å². The number of rotatable bonds is 3. The Kier molecular flexibility index (Phi) is 5.42. The molecule has 0 bridgehead atoms. The molecule has 2 atom stereocenters. The van der Waals surface area contributed by atoms with Gasteiger partial charge in [-0.2, -0.15) is 0 Å². The van der Waals surface area contributed by atoms with Gasteiger partial charge in [-0.05, 0) is 0 Å². The topological polar surface area (TPSA) is 0 Å². The van der Waals surface area contributed by atoms with Crippen molar-refractivity contribution >= 4 is 34.0 Å². The Labute approximate surface area is 218 Å². The predicted octanol–water partition coefficient (Wildman–Crippen LogP) is 9.07. The third-order valence-corrected chi connectivity index (χ3v) is 26.8. The molecule has 0 N–H and O–H groups in total. The van der Waals surface area contributed by atoms with Crippen LogP contribution in [-0.2, 0) is 17.4 Å². The number of hydrogen-bond acceptors (Lipinski definition) is 0. The molecule has 0 aliphatic heterocycles. The van der Waals surface area contributed by atoms with Crippen LogP contribution in [0.3, 0.4) is 0 Å². The van der Waals surface area contributed by atoms with E-state index in [9.17, 15) is 0 Å². The Morgan fingerprint density at radius 3 is 2.00 bits per heavy atom. The van der Waals surface area contributed by atoms with Crippen molar-refractivity contribution in [3.05, 3.63) is 122 Å². The molecule has 0 spiro atoms. The van der Waals surface area contributed by atoms with E-state index < -0.39 is 17.4 Å². The average molecular weight is 564 g/mol. The van der Waals surface area contributed by atoms with Crippen LogP contribution in [0.1, 0.15) is 48.0 Å². The Hall–Kier alpha value is -2.28. The van der Waals surface area contributed by atoms with E-state index in [1.807, 2.05) is 3.28 Å². The van der Waals surface area contributed by atoms with Crippen molar-refractivity contribution in [3.8, 4) is 0 Å². The van der Waals surface area contributed by atoms with Crippen molar-refractivity contribution in [1.82, 2.24) is 0 Å². The fourth-order valence-corrected chi connectivity index (χ4v) is 26.0. The Morgan fingerprint density at radius 2 is 1.31 bits per heavy atom. The molecule has 0 saturated carbocycles. The second-order valence-corrected chi connectivity index (χ2v) is 41.8. The van der Waals surface area contributed by atoms with E-state index in [0.717, 1.165) is 0 Å². The zero-order chi connectivity index (χ0) is 25.4. The van der Waals surface area contributed by atoms with Crippen molar-refractivity contribution < 1.29 is 17.4 Å². The fourth-order valence-electron chi connectivity index (χ4n) is 7.50. The van der Waals surface area contributed by atoms with E-state index in [-0.39, 0.29) is 0 Å². The first kappa shape index (κ1) is 24.1. The third kappa shape index (κ3) is 3.34. The first-order chi connectivity index (χ1) is 17.1. The van der Waals surface area contributed by atoms with Gasteiger partial charge in [0.25, 0.3) is 0 Å². The molecule has 0 fully saturated rings. The number of fused-ring (bicyclic) bond motifs is 4. The second kappa shape index (κ2) is 8.11. The van der Waals surface area contributed by atoms with E-state index in [2.05, 4.69) is 129 Å². The molecule has 4 aromatic rings. The van der Waals surface area contributed by atoms with Gasteiger partial charge in [0.05, 0.1) is 0 Å². The molecule has 2 unspecified atom stereocenters. The monoisotopic (exact) mass is 562 g/mol. The van der Waals surface area contributed by atoms with Gasteiger partial charge < -0.3 is 0 Å². The summed E-state index contributed by atoms with van der Waals surface area (Å²) in [6.45, 7) is 12.0. The van der Waals surface area contributed by atoms with E-state index in [0.29, 0.717) is 9.54 Å². The van der Waals surface area contributed by atoms with Crippen LogP contribution in [0.5, 0.6) is 0 Å². The van der Waals surface area contributed by atoms with Crippen LogP contribution in [0, 0.1) is 5.92 Å². The quantitative estimate of drug-likeness (QED) is 0.172. The molecular weight excluding hydrogens is 528 g/mol. The molecule has 4 aromatic carbocycles. The SMILES string of the molecule is CC1=C(C)C(C)[C]([Zr]([CH3])([CH3])(=[SiH2])[CH]2C=C(c3cc4ccccc4c4ccccc34)c3ccccc32)=C1C. The Morgan fingerprint density at radius 1 is 0.694 bits per heavy atom. The van der Waals surface area contributed by atoms with Crippen LogP contribution in [0.2, 0.25) is 9.26 Å². The van der Waals surface area contributed by atoms with Crippen LogP contribution in [0.25, 0.3) is 27.1 Å². The summed E-state index contributed by atoms with van der Waals surface area (Å²) in [6.07, 6.45) is 2.69. The van der Waals surface area contributed by atoms with E-state index in [1.165, 1.54) is 43.8 Å². The van der Waals surface area contributed by atoms with Crippen LogP contribution in [0.15, 0.2) is 105 Å². The van der Waals surface area contributed by atoms with Crippen molar-refractivity contribution in [2.24, 2.45) is 5.92 Å². The third-order valence-electron chi connectivity index (χ3n) is 9.50. The summed E-state index contributed by atoms with van der Waals surface area (Å²) >= 11 is -3.45. The molecule has 0 radical (unpaired) electrons. The van der Waals surface area contributed by atoms with Crippen LogP contribution in [-0.4, -0.2) is 6.88 Å². The van der Waals surface area contributed by atoms with Crippen molar-refractivity contribution in [1.29, 1.82) is 0 Å². The number of allylic oxidation sites excluding steroid dienone is 5. The Balaban J connectivity index is 1.64. The van der Waals surface area contributed by atoms with Gasteiger partial charge in [0.1, 0.15) is 0 Å². The first-order valence-electron chi connectivity index (χ1n) is 13.3. The van der Waals surface area contributed by atoms with E-state index in [4.69, 9.17) is 0 Å². The average Bonchev–Trinajstić information content (AvgIpc) is 3.36. The van der Waals surface area contributed by atoms with Crippen molar-refractivity contribution in [3.63, 3.8) is 0 Å². The molecule has 0 aromatic heterocycles. The molecule has 2 aliphatic rings. The van der Waals surface area contributed by atoms with Gasteiger partial charge in [0.15, 0.2) is 0 Å². The zero-order valence-corrected chi connectivity index (χ0v) is 26.3. The number of hydrogen-bond donors (Lipinski definition) is 0. The molecule has 0 amide bonds. The Bertz CT molecular complexity index is 1750. The van der Waals surface area contributed by atoms with Crippen LogP contribution >= 0.6 is 0 Å². The molecule has 2 aliphatic carbocycles. The van der Waals surface area contributed by atoms with Crippen LogP contribution in [0.4, 0.5) is 0 Å². The molecule has 180 valence electrons. The fraction of sp³-hybridized carbons (Fsp3) is 0.235. The molecule has 6 rings (SSSR count). The predicted molar refractivity (Wildman–Crippen MR) is 158 cm³/mol. The van der Waals surface area contributed by atoms with Gasteiger partial charge in [-0.3, -0.25) is 0 Å². The molecule has 0 nitrogen and oxygen atoms in total. The minimum absolute atomic E-state index is 0.507. The van der Waals surface area contributed by atoms with Gasteiger partial charge in [-0.1, -0.05) is 0 Å². The first-order valence-corrected chi connectivity index (χ1v) is 26.8. The van der Waals surface area contributed by atoms with E-state index >= 15 is 0 Å². The maximum atomic E-state index is 2.71. The van der Waals surface area contributed by atoms with Crippen molar-refractivity contribution in [2.45, 2.75) is 40.6 Å². The molecular formula is C34H36SiZr. The van der Waals surface area contributed by atoms with Gasteiger partial charge in [0, 0.05) is 0 Å². The minimum atomic E-state index is -3.45. The summed E-state index contributed by atoms with van der Waals surface area (Å²) in [5.74, 6) is 0.564. The van der Waals surface area contributed by atoms with Gasteiger partial charge in [-0.25, -0.2) is 0 Å². The molecule has 0 saturated heterocycles. The summed E-state index contributed by atoms with van der Waals surface area (Å²) in [6, 6.07) is 29.5. The zero-order valence-electron chi connectivity index (χ0n) is 22.4. The molecule has 2 heteroatoms. The summed E-state index contributed by atoms with van der Waals surface area (Å²) in [4.78, 5) is 0. The summed E-state index contributed by atoms with van der Waals surface area (Å²) < 4.78 is 7.73. The molecule has 0 heterocycles. The normalized spacial score (nSPS) is 20.5. The van der Waals surface area contributed by atoms with Gasteiger partial charge in [0.2, 0.25) is 0 Å². The number of benzene rings is 4. The second-order valence-electron chi connectivity index (χ2n) is 12.2. The van der Waals surface area contributed by atoms with E-state index in [1.54, 1.807) is 16.7 Å². The molecule has 36 heavy (non-hydrogen) atoms. The standard InChI is InChI=1S/C23H15.C9H13.2CH3.H2Si.Zr/c1-3-9-18-16(7-1)13-14-22(18)23-15-17-8-2-4-10-19(17)20-11-5-6-12-21(20)23;1-6-5-7(2)9(4)8(6)3;;;;/h1-15H;6H,1-4H3;2*1H3;1H2;. The maximum absolute atomic E-state index is 3.45. The summed E-state index contributed by atoms with van der Waals surface area (Å²) in [5, 5.41) is 5.37. The van der Waals surface area contributed by atoms with Gasteiger partial charge >= 0.3 is 220 Å². The van der Waals surface area contributed by atoms with Crippen molar-refractivity contribution in [2.75, 3.05) is 0 Å². The summed E-state index contributed by atoms with van der Waals surface area (Å²) in [5.41, 5.74) is 10.5. The summed E-state index contributed by atoms with van der Waals surface area (Å²) in [7, 11) is 0. The van der Waals surface area contributed by atoms with Gasteiger partial charge in [-0.15, -0.1) is 0 Å².